The average molecular weight is 855 g/mol. The van der Waals surface area contributed by atoms with Crippen molar-refractivity contribution in [2.45, 2.75) is 52.4 Å². The van der Waals surface area contributed by atoms with Crippen molar-refractivity contribution in [2.75, 3.05) is 0 Å². The Labute approximate surface area is 321 Å². The van der Waals surface area contributed by atoms with Gasteiger partial charge < -0.3 is 4.98 Å². The molecule has 0 saturated heterocycles. The molecule has 8 rings (SSSR count). The molecule has 8 aromatic rings. The van der Waals surface area contributed by atoms with Crippen LogP contribution in [-0.4, -0.2) is 9.97 Å². The second-order valence-electron chi connectivity index (χ2n) is 15.5. The van der Waals surface area contributed by atoms with E-state index in [9.17, 15) is 0 Å². The Morgan fingerprint density at radius 2 is 1.02 bits per heavy atom. The average Bonchev–Trinajstić information content (AvgIpc) is 3.53. The van der Waals surface area contributed by atoms with Gasteiger partial charge in [0.2, 0.25) is 0 Å². The van der Waals surface area contributed by atoms with Crippen molar-refractivity contribution < 1.29 is 21.1 Å². The molecule has 3 nitrogen and oxygen atoms in total. The predicted octanol–water partition coefficient (Wildman–Crippen LogP) is 12.5. The molecule has 258 valence electrons. The van der Waals surface area contributed by atoms with Crippen molar-refractivity contribution in [3.8, 4) is 55.9 Å². The maximum Gasteiger partial charge on any atom is 2.00 e. The molecule has 0 N–H and O–H groups in total. The molecule has 3 heterocycles. The summed E-state index contributed by atoms with van der Waals surface area (Å²) in [6.45, 7) is 13.6. The molecule has 0 bridgehead atoms. The van der Waals surface area contributed by atoms with Crippen molar-refractivity contribution in [3.63, 3.8) is 0 Å². The Kier molecular flexibility index (Phi) is 9.36. The van der Waals surface area contributed by atoms with Crippen LogP contribution in [0, 0.1) is 6.07 Å². The molecule has 0 spiro atoms. The first-order valence-electron chi connectivity index (χ1n) is 17.7. The summed E-state index contributed by atoms with van der Waals surface area (Å²) in [6, 6.07) is 49.0. The SMILES string of the molecule is CC(C)(C)c1cc(-c2[c-]c(-c3cc(-c4ccc(-c5ccccc5)cc4)ccn3)ccc2)c2[n-]c3c(-c4ccccn4)cc(C(C)(C)C)cc3c2c1.[Pt+2]. The smallest absolute Gasteiger partial charge is 0.662 e. The van der Waals surface area contributed by atoms with Crippen LogP contribution < -0.4 is 4.98 Å². The molecule has 0 aliphatic rings. The summed E-state index contributed by atoms with van der Waals surface area (Å²) in [6.07, 6.45) is 3.76. The van der Waals surface area contributed by atoms with E-state index in [0.717, 1.165) is 66.6 Å². The zero-order chi connectivity index (χ0) is 35.3. The van der Waals surface area contributed by atoms with Crippen molar-refractivity contribution in [3.05, 3.63) is 157 Å². The zero-order valence-corrected chi connectivity index (χ0v) is 32.7. The summed E-state index contributed by atoms with van der Waals surface area (Å²) in [5.74, 6) is 0. The monoisotopic (exact) mass is 854 g/mol. The Morgan fingerprint density at radius 1 is 0.462 bits per heavy atom. The van der Waals surface area contributed by atoms with Crippen LogP contribution in [0.1, 0.15) is 52.7 Å². The molecule has 4 heteroatoms. The van der Waals surface area contributed by atoms with Crippen LogP contribution in [0.2, 0.25) is 0 Å². The Morgan fingerprint density at radius 3 is 1.65 bits per heavy atom. The minimum absolute atomic E-state index is 0. The van der Waals surface area contributed by atoms with E-state index in [-0.39, 0.29) is 31.9 Å². The number of hydrogen-bond donors (Lipinski definition) is 0. The molecule has 52 heavy (non-hydrogen) atoms. The number of rotatable bonds is 5. The standard InChI is InChI=1S/C48H41N3.Pt/c1-47(2,3)37-27-39(45-40(28-37)41-29-38(48(4,5)6)30-42(46(41)51-45)43-17-10-11-23-49-43)35-15-12-16-36(25-35)44-26-34(22-24-50-44)33-20-18-32(19-21-33)31-13-8-7-9-14-31;/h7-24,26-30H,1-6H3;/q-2;+2. The summed E-state index contributed by atoms with van der Waals surface area (Å²) in [5.41, 5.74) is 15.0. The minimum atomic E-state index is -0.0679. The van der Waals surface area contributed by atoms with Crippen molar-refractivity contribution >= 4 is 21.8 Å². The molecule has 0 unspecified atom stereocenters. The number of aromatic nitrogens is 3. The van der Waals surface area contributed by atoms with Gasteiger partial charge in [-0.3, -0.25) is 9.97 Å². The van der Waals surface area contributed by atoms with Crippen LogP contribution in [-0.2, 0) is 31.9 Å². The predicted molar refractivity (Wildman–Crippen MR) is 214 cm³/mol. The first kappa shape index (κ1) is 35.3. The van der Waals surface area contributed by atoms with Gasteiger partial charge in [0.1, 0.15) is 0 Å². The van der Waals surface area contributed by atoms with Gasteiger partial charge in [0.15, 0.2) is 0 Å². The summed E-state index contributed by atoms with van der Waals surface area (Å²) >= 11 is 0. The fourth-order valence-corrected chi connectivity index (χ4v) is 6.84. The van der Waals surface area contributed by atoms with Gasteiger partial charge in [0, 0.05) is 18.1 Å². The Bertz CT molecular complexity index is 2520. The van der Waals surface area contributed by atoms with E-state index in [1.54, 1.807) is 0 Å². The van der Waals surface area contributed by atoms with E-state index in [2.05, 4.69) is 157 Å². The van der Waals surface area contributed by atoms with Gasteiger partial charge >= 0.3 is 21.1 Å². The van der Waals surface area contributed by atoms with E-state index in [1.165, 1.54) is 22.3 Å². The quantitative estimate of drug-likeness (QED) is 0.162. The third-order valence-corrected chi connectivity index (χ3v) is 9.85. The Hall–Kier alpha value is -5.11. The first-order valence-corrected chi connectivity index (χ1v) is 17.7. The molecule has 0 atom stereocenters. The van der Waals surface area contributed by atoms with E-state index in [0.29, 0.717) is 0 Å². The van der Waals surface area contributed by atoms with Crippen LogP contribution in [0.5, 0.6) is 0 Å². The number of fused-ring (bicyclic) bond motifs is 3. The van der Waals surface area contributed by atoms with Gasteiger partial charge in [-0.1, -0.05) is 144 Å². The third kappa shape index (κ3) is 6.78. The van der Waals surface area contributed by atoms with Gasteiger partial charge in [0.05, 0.1) is 5.69 Å². The second-order valence-corrected chi connectivity index (χ2v) is 15.5. The fraction of sp³-hybridized carbons (Fsp3) is 0.167. The van der Waals surface area contributed by atoms with Gasteiger partial charge in [-0.15, -0.1) is 35.3 Å². The maximum absolute atomic E-state index is 5.42. The van der Waals surface area contributed by atoms with Crippen LogP contribution in [0.25, 0.3) is 77.7 Å². The fourth-order valence-electron chi connectivity index (χ4n) is 6.84. The second kappa shape index (κ2) is 13.8. The maximum atomic E-state index is 5.42. The van der Waals surface area contributed by atoms with Gasteiger partial charge in [0.25, 0.3) is 0 Å². The molecule has 3 aromatic heterocycles. The molecule has 5 aromatic carbocycles. The molecule has 0 fully saturated rings. The van der Waals surface area contributed by atoms with Crippen molar-refractivity contribution in [1.82, 2.24) is 15.0 Å². The molecule has 0 aliphatic heterocycles. The number of nitrogens with zero attached hydrogens (tertiary/aromatic N) is 3. The van der Waals surface area contributed by atoms with Crippen LogP contribution in [0.15, 0.2) is 140 Å². The molecule has 0 saturated carbocycles. The Balaban J connectivity index is 0.00000420. The van der Waals surface area contributed by atoms with Crippen LogP contribution in [0.4, 0.5) is 0 Å². The summed E-state index contributed by atoms with van der Waals surface area (Å²) in [5, 5.41) is 2.32. The molecule has 0 radical (unpaired) electrons. The third-order valence-electron chi connectivity index (χ3n) is 9.85. The normalized spacial score (nSPS) is 11.9. The van der Waals surface area contributed by atoms with E-state index < -0.39 is 0 Å². The van der Waals surface area contributed by atoms with Crippen molar-refractivity contribution in [1.29, 1.82) is 0 Å². The molecule has 0 amide bonds. The van der Waals surface area contributed by atoms with E-state index in [1.807, 2.05) is 30.6 Å². The van der Waals surface area contributed by atoms with E-state index in [4.69, 9.17) is 15.0 Å². The van der Waals surface area contributed by atoms with Gasteiger partial charge in [-0.2, -0.15) is 5.52 Å². The first-order chi connectivity index (χ1) is 24.5. The van der Waals surface area contributed by atoms with Gasteiger partial charge in [-0.05, 0) is 78.7 Å². The summed E-state index contributed by atoms with van der Waals surface area (Å²) in [4.78, 5) is 15.0. The largest absolute Gasteiger partial charge is 2.00 e. The summed E-state index contributed by atoms with van der Waals surface area (Å²) in [7, 11) is 0. The van der Waals surface area contributed by atoms with E-state index >= 15 is 0 Å². The summed E-state index contributed by atoms with van der Waals surface area (Å²) < 4.78 is 0. The van der Waals surface area contributed by atoms with Gasteiger partial charge in [-0.25, -0.2) is 0 Å². The molecular weight excluding hydrogens is 814 g/mol. The number of benzene rings is 5. The number of pyridine rings is 2. The minimum Gasteiger partial charge on any atom is -0.662 e. The van der Waals surface area contributed by atoms with Crippen LogP contribution in [0.3, 0.4) is 0 Å². The van der Waals surface area contributed by atoms with Crippen LogP contribution >= 0.6 is 0 Å². The zero-order valence-electron chi connectivity index (χ0n) is 30.4. The number of hydrogen-bond acceptors (Lipinski definition) is 2. The van der Waals surface area contributed by atoms with Crippen molar-refractivity contribution in [2.24, 2.45) is 0 Å². The topological polar surface area (TPSA) is 39.9 Å². The molecule has 0 aliphatic carbocycles. The molecular formula is C48H41N3Pt.